The van der Waals surface area contributed by atoms with Crippen LogP contribution in [-0.2, 0) is 11.3 Å². The molecule has 0 aliphatic rings. The molecule has 31 heavy (non-hydrogen) atoms. The van der Waals surface area contributed by atoms with Crippen molar-refractivity contribution in [3.8, 4) is 0 Å². The van der Waals surface area contributed by atoms with Crippen LogP contribution in [0.4, 0.5) is 5.69 Å². The number of aromatic nitrogens is 3. The van der Waals surface area contributed by atoms with Gasteiger partial charge in [0.05, 0.1) is 22.5 Å². The number of amides is 1. The number of anilines is 1. The molecular formula is C24H24N4OS2. The van der Waals surface area contributed by atoms with E-state index in [-0.39, 0.29) is 5.91 Å². The van der Waals surface area contributed by atoms with Crippen LogP contribution in [0.3, 0.4) is 0 Å². The first kappa shape index (κ1) is 21.3. The summed E-state index contributed by atoms with van der Waals surface area (Å²) in [6.07, 6.45) is 5.42. The van der Waals surface area contributed by atoms with E-state index in [1.165, 1.54) is 11.1 Å². The van der Waals surface area contributed by atoms with Gasteiger partial charge in [0.2, 0.25) is 5.91 Å². The lowest BCUT2D eigenvalue weighted by atomic mass is 10.1. The third-order valence-electron chi connectivity index (χ3n) is 5.10. The van der Waals surface area contributed by atoms with E-state index in [4.69, 9.17) is 0 Å². The third kappa shape index (κ3) is 4.89. The molecule has 7 heteroatoms. The summed E-state index contributed by atoms with van der Waals surface area (Å²) in [6, 6.07) is 14.2. The van der Waals surface area contributed by atoms with Crippen molar-refractivity contribution in [2.24, 2.45) is 0 Å². The van der Waals surface area contributed by atoms with Crippen molar-refractivity contribution in [2.45, 2.75) is 31.7 Å². The summed E-state index contributed by atoms with van der Waals surface area (Å²) in [5.74, 6) is -0.168. The summed E-state index contributed by atoms with van der Waals surface area (Å²) >= 11 is 3.25. The Morgan fingerprint density at radius 3 is 2.68 bits per heavy atom. The van der Waals surface area contributed by atoms with Gasteiger partial charge in [0, 0.05) is 23.0 Å². The number of nitrogens with one attached hydrogen (secondary N) is 1. The Morgan fingerprint density at radius 2 is 1.94 bits per heavy atom. The van der Waals surface area contributed by atoms with Gasteiger partial charge in [0.15, 0.2) is 4.34 Å². The number of thiazole rings is 1. The van der Waals surface area contributed by atoms with Crippen molar-refractivity contribution in [1.29, 1.82) is 0 Å². The van der Waals surface area contributed by atoms with E-state index in [2.05, 4.69) is 46.6 Å². The number of carbonyl (C=O) groups is 1. The quantitative estimate of drug-likeness (QED) is 0.297. The Bertz CT molecular complexity index is 1270. The molecular weight excluding hydrogens is 424 g/mol. The minimum atomic E-state index is -0.168. The Hall–Kier alpha value is -2.90. The monoisotopic (exact) mass is 448 g/mol. The first-order chi connectivity index (χ1) is 14.9. The molecule has 5 nitrogen and oxygen atoms in total. The van der Waals surface area contributed by atoms with Crippen LogP contribution in [0.15, 0.2) is 52.9 Å². The van der Waals surface area contributed by atoms with Gasteiger partial charge in [-0.3, -0.25) is 9.48 Å². The minimum absolute atomic E-state index is 0.168. The smallest absolute Gasteiger partial charge is 0.248 e. The van der Waals surface area contributed by atoms with Crippen LogP contribution in [0.25, 0.3) is 16.3 Å². The van der Waals surface area contributed by atoms with Gasteiger partial charge in [-0.05, 0) is 56.9 Å². The van der Waals surface area contributed by atoms with Crippen molar-refractivity contribution in [3.05, 3.63) is 76.6 Å². The number of thioether (sulfide) groups is 1. The van der Waals surface area contributed by atoms with E-state index in [1.54, 1.807) is 29.2 Å². The van der Waals surface area contributed by atoms with Gasteiger partial charge in [-0.25, -0.2) is 4.98 Å². The van der Waals surface area contributed by atoms with Crippen molar-refractivity contribution in [3.63, 3.8) is 0 Å². The maximum Gasteiger partial charge on any atom is 0.248 e. The fourth-order valence-electron chi connectivity index (χ4n) is 3.38. The summed E-state index contributed by atoms with van der Waals surface area (Å²) in [5.41, 5.74) is 7.09. The molecule has 1 amide bonds. The zero-order valence-electron chi connectivity index (χ0n) is 18.0. The van der Waals surface area contributed by atoms with Crippen LogP contribution in [-0.4, -0.2) is 26.9 Å². The molecule has 2 heterocycles. The number of hydrogen-bond acceptors (Lipinski definition) is 5. The molecule has 0 aliphatic heterocycles. The van der Waals surface area contributed by atoms with Crippen molar-refractivity contribution in [1.82, 2.24) is 14.8 Å². The Balaban J connectivity index is 1.47. The molecule has 4 rings (SSSR count). The van der Waals surface area contributed by atoms with Crippen LogP contribution in [0.2, 0.25) is 0 Å². The predicted octanol–water partition coefficient (Wildman–Crippen LogP) is 5.84. The standard InChI is InChI=1S/C24H24N4OS2/c1-15-5-7-18(8-6-15)14-28-17(3)20(16(2)27-28)10-12-23(29)25-19-9-11-21-22(13-19)31-24(26-21)30-4/h5-13H,14H2,1-4H3,(H,25,29). The van der Waals surface area contributed by atoms with E-state index in [1.807, 2.05) is 49.1 Å². The van der Waals surface area contributed by atoms with Crippen LogP contribution < -0.4 is 5.32 Å². The van der Waals surface area contributed by atoms with E-state index in [0.717, 1.165) is 37.2 Å². The molecule has 2 aromatic heterocycles. The molecule has 0 radical (unpaired) electrons. The normalized spacial score (nSPS) is 11.5. The molecule has 0 atom stereocenters. The fourth-order valence-corrected chi connectivity index (χ4v) is 4.91. The van der Waals surface area contributed by atoms with Crippen molar-refractivity contribution < 1.29 is 4.79 Å². The van der Waals surface area contributed by atoms with Gasteiger partial charge in [0.25, 0.3) is 0 Å². The maximum atomic E-state index is 12.5. The second-order valence-electron chi connectivity index (χ2n) is 7.42. The average Bonchev–Trinajstić information content (AvgIpc) is 3.28. The van der Waals surface area contributed by atoms with Gasteiger partial charge in [-0.2, -0.15) is 5.10 Å². The lowest BCUT2D eigenvalue weighted by Gasteiger charge is -2.05. The number of aryl methyl sites for hydroxylation is 2. The van der Waals surface area contributed by atoms with E-state index in [9.17, 15) is 4.79 Å². The van der Waals surface area contributed by atoms with Gasteiger partial charge in [0.1, 0.15) is 0 Å². The zero-order chi connectivity index (χ0) is 22.0. The fraction of sp³-hybridized carbons (Fsp3) is 0.208. The van der Waals surface area contributed by atoms with Crippen LogP contribution >= 0.6 is 23.1 Å². The second kappa shape index (κ2) is 9.08. The number of rotatable bonds is 6. The highest BCUT2D eigenvalue weighted by Crippen LogP contribution is 2.30. The SMILES string of the molecule is CSc1nc2ccc(NC(=O)C=Cc3c(C)nn(Cc4ccc(C)cc4)c3C)cc2s1. The first-order valence-corrected chi connectivity index (χ1v) is 12.0. The molecule has 0 saturated carbocycles. The summed E-state index contributed by atoms with van der Waals surface area (Å²) in [7, 11) is 0. The largest absolute Gasteiger partial charge is 0.322 e. The lowest BCUT2D eigenvalue weighted by molar-refractivity contribution is -0.111. The van der Waals surface area contributed by atoms with Gasteiger partial charge < -0.3 is 5.32 Å². The molecule has 0 fully saturated rings. The van der Waals surface area contributed by atoms with E-state index in [0.29, 0.717) is 6.54 Å². The Morgan fingerprint density at radius 1 is 1.16 bits per heavy atom. The molecule has 0 aliphatic carbocycles. The van der Waals surface area contributed by atoms with E-state index < -0.39 is 0 Å². The topological polar surface area (TPSA) is 59.8 Å². The van der Waals surface area contributed by atoms with Crippen molar-refractivity contribution in [2.75, 3.05) is 11.6 Å². The first-order valence-electron chi connectivity index (χ1n) is 9.96. The number of carbonyl (C=O) groups excluding carboxylic acids is 1. The number of benzene rings is 2. The predicted molar refractivity (Wildman–Crippen MR) is 131 cm³/mol. The summed E-state index contributed by atoms with van der Waals surface area (Å²) in [4.78, 5) is 17.0. The van der Waals surface area contributed by atoms with E-state index >= 15 is 0 Å². The number of nitrogens with zero attached hydrogens (tertiary/aromatic N) is 3. The average molecular weight is 449 g/mol. The summed E-state index contributed by atoms with van der Waals surface area (Å²) in [5, 5.41) is 7.60. The molecule has 0 saturated heterocycles. The van der Waals surface area contributed by atoms with Crippen LogP contribution in [0.1, 0.15) is 28.1 Å². The van der Waals surface area contributed by atoms with Gasteiger partial charge in [-0.15, -0.1) is 11.3 Å². The highest BCUT2D eigenvalue weighted by atomic mass is 32.2. The molecule has 0 bridgehead atoms. The zero-order valence-corrected chi connectivity index (χ0v) is 19.6. The molecule has 0 spiro atoms. The van der Waals surface area contributed by atoms with Crippen LogP contribution in [0, 0.1) is 20.8 Å². The number of hydrogen-bond donors (Lipinski definition) is 1. The summed E-state index contributed by atoms with van der Waals surface area (Å²) < 4.78 is 4.07. The second-order valence-corrected chi connectivity index (χ2v) is 9.50. The molecule has 158 valence electrons. The van der Waals surface area contributed by atoms with Crippen molar-refractivity contribution >= 4 is 51.0 Å². The highest BCUT2D eigenvalue weighted by molar-refractivity contribution is 8.00. The molecule has 1 N–H and O–H groups in total. The van der Waals surface area contributed by atoms with Gasteiger partial charge >= 0.3 is 0 Å². The highest BCUT2D eigenvalue weighted by Gasteiger charge is 2.10. The molecule has 0 unspecified atom stereocenters. The molecule has 2 aromatic carbocycles. The number of fused-ring (bicyclic) bond motifs is 1. The Labute approximate surface area is 190 Å². The van der Waals surface area contributed by atoms with Crippen LogP contribution in [0.5, 0.6) is 0 Å². The third-order valence-corrected chi connectivity index (χ3v) is 7.11. The lowest BCUT2D eigenvalue weighted by Crippen LogP contribution is -2.07. The van der Waals surface area contributed by atoms with Gasteiger partial charge in [-0.1, -0.05) is 41.6 Å². The Kier molecular flexibility index (Phi) is 6.25. The summed E-state index contributed by atoms with van der Waals surface area (Å²) in [6.45, 7) is 6.79. The minimum Gasteiger partial charge on any atom is -0.322 e. The molecule has 4 aromatic rings. The maximum absolute atomic E-state index is 12.5.